The lowest BCUT2D eigenvalue weighted by molar-refractivity contribution is -0.121. The van der Waals surface area contributed by atoms with E-state index in [1.54, 1.807) is 21.1 Å². The van der Waals surface area contributed by atoms with Crippen LogP contribution in [0.4, 0.5) is 11.4 Å². The third-order valence-electron chi connectivity index (χ3n) is 11.5. The maximum absolute atomic E-state index is 13.0. The summed E-state index contributed by atoms with van der Waals surface area (Å²) < 4.78 is 41.7. The van der Waals surface area contributed by atoms with Crippen molar-refractivity contribution in [3.8, 4) is 0 Å². The number of hydrogen-bond donors (Lipinski definition) is 1. The Morgan fingerprint density at radius 1 is 0.646 bits per heavy atom. The number of rotatable bonds is 19. The number of aryl methyl sites for hydroxylation is 2. The molecule has 22 heteroatoms. The van der Waals surface area contributed by atoms with Gasteiger partial charge in [-0.2, -0.15) is 27.1 Å². The lowest BCUT2D eigenvalue weighted by Gasteiger charge is -2.48. The Hall–Kier alpha value is -5.13. The maximum atomic E-state index is 13.0. The molecule has 2 aromatic carbocycles. The third-order valence-corrected chi connectivity index (χ3v) is 12.0. The number of amides is 2. The molecule has 21 nitrogen and oxygen atoms in total. The van der Waals surface area contributed by atoms with Gasteiger partial charge in [0, 0.05) is 71.2 Å². The van der Waals surface area contributed by atoms with Crippen LogP contribution in [-0.2, 0) is 59.5 Å². The van der Waals surface area contributed by atoms with E-state index in [1.165, 1.54) is 14.0 Å². The number of likely N-dealkylation sites (tertiary alicyclic amines) is 1. The van der Waals surface area contributed by atoms with Crippen molar-refractivity contribution in [3.05, 3.63) is 81.6 Å². The second-order valence-electron chi connectivity index (χ2n) is 15.9. The van der Waals surface area contributed by atoms with Crippen molar-refractivity contribution in [3.63, 3.8) is 0 Å². The number of anilines is 2. The Labute approximate surface area is 381 Å². The molecule has 0 bridgehead atoms. The first-order chi connectivity index (χ1) is 31.2. The fraction of sp³-hybridized carbons (Fsp3) is 0.628. The molecule has 0 unspecified atom stereocenters. The second-order valence-corrected chi connectivity index (χ2v) is 17.5. The number of aromatic nitrogens is 8. The highest BCUT2D eigenvalue weighted by Crippen LogP contribution is 2.35. The molecule has 0 saturated carbocycles. The zero-order valence-electron chi connectivity index (χ0n) is 39.0. The average molecular weight is 929 g/mol. The Kier molecular flexibility index (Phi) is 20.6. The van der Waals surface area contributed by atoms with Crippen LogP contribution in [0.1, 0.15) is 66.2 Å². The van der Waals surface area contributed by atoms with Crippen LogP contribution in [0.2, 0.25) is 0 Å². The van der Waals surface area contributed by atoms with Gasteiger partial charge in [-0.1, -0.05) is 50.2 Å². The van der Waals surface area contributed by atoms with Gasteiger partial charge in [0.05, 0.1) is 50.2 Å². The van der Waals surface area contributed by atoms with Crippen molar-refractivity contribution in [2.24, 2.45) is 0 Å². The van der Waals surface area contributed by atoms with Gasteiger partial charge in [0.1, 0.15) is 0 Å². The van der Waals surface area contributed by atoms with E-state index in [-0.39, 0.29) is 47.4 Å². The van der Waals surface area contributed by atoms with Gasteiger partial charge in [-0.3, -0.25) is 13.8 Å². The smallest absolute Gasteiger partial charge is 0.363 e. The molecule has 0 radical (unpaired) electrons. The lowest BCUT2D eigenvalue weighted by Crippen LogP contribution is -2.60. The molecule has 4 heterocycles. The molecule has 6 rings (SSSR count). The number of carbonyl (C=O) groups is 2. The number of tetrazole rings is 2. The quantitative estimate of drug-likeness (QED) is 0.133. The minimum Gasteiger partial charge on any atom is -0.382 e. The summed E-state index contributed by atoms with van der Waals surface area (Å²) in [6.07, 6.45) is 5.34. The average Bonchev–Trinajstić information content (AvgIpc) is 3.86. The van der Waals surface area contributed by atoms with Crippen LogP contribution in [0, 0.1) is 0 Å². The number of methoxy groups -OCH3 is 2. The topological polar surface area (TPSA) is 223 Å². The van der Waals surface area contributed by atoms with Crippen molar-refractivity contribution < 1.29 is 31.7 Å². The van der Waals surface area contributed by atoms with Crippen LogP contribution in [-0.4, -0.2) is 149 Å². The highest BCUT2D eigenvalue weighted by molar-refractivity contribution is 7.85. The van der Waals surface area contributed by atoms with Gasteiger partial charge >= 0.3 is 11.4 Å². The first-order valence-electron chi connectivity index (χ1n) is 22.2. The molecule has 360 valence electrons. The minimum atomic E-state index is -3.48. The van der Waals surface area contributed by atoms with E-state index in [2.05, 4.69) is 35.3 Å². The van der Waals surface area contributed by atoms with Gasteiger partial charge in [-0.05, 0) is 97.7 Å². The minimum absolute atomic E-state index is 0.0614. The molecule has 2 aliphatic heterocycles. The van der Waals surface area contributed by atoms with E-state index < -0.39 is 10.1 Å². The fourth-order valence-corrected chi connectivity index (χ4v) is 8.50. The van der Waals surface area contributed by atoms with E-state index in [1.807, 2.05) is 91.2 Å². The molecule has 1 N–H and O–H groups in total. The summed E-state index contributed by atoms with van der Waals surface area (Å²) >= 11 is 0. The van der Waals surface area contributed by atoms with Gasteiger partial charge < -0.3 is 29.5 Å². The highest BCUT2D eigenvalue weighted by atomic mass is 32.2. The largest absolute Gasteiger partial charge is 0.382 e. The predicted octanol–water partition coefficient (Wildman–Crippen LogP) is 2.02. The van der Waals surface area contributed by atoms with Crippen LogP contribution < -0.4 is 26.5 Å². The molecular weight excluding hydrogens is 861 g/mol. The molecule has 4 aromatic rings. The van der Waals surface area contributed by atoms with Crippen LogP contribution >= 0.6 is 0 Å². The zero-order chi connectivity index (χ0) is 47.5. The van der Waals surface area contributed by atoms with E-state index in [0.29, 0.717) is 45.7 Å². The summed E-state index contributed by atoms with van der Waals surface area (Å²) in [6.45, 7) is 14.1. The zero-order valence-corrected chi connectivity index (χ0v) is 39.8. The molecular formula is C43H68N12O9S. The summed E-state index contributed by atoms with van der Waals surface area (Å²) in [5.41, 5.74) is 0.730. The predicted molar refractivity (Wildman–Crippen MR) is 246 cm³/mol. The third kappa shape index (κ3) is 14.4. The molecule has 2 fully saturated rings. The summed E-state index contributed by atoms with van der Waals surface area (Å²) in [6, 6.07) is 19.8. The van der Waals surface area contributed by atoms with Crippen molar-refractivity contribution >= 4 is 33.3 Å². The van der Waals surface area contributed by atoms with Crippen molar-refractivity contribution in [2.45, 2.75) is 103 Å². The first-order valence-corrected chi connectivity index (χ1v) is 24.1. The number of hydrogen-bond acceptors (Lipinski definition) is 15. The first kappa shape index (κ1) is 52.5. The molecule has 2 amide bonds. The van der Waals surface area contributed by atoms with Gasteiger partial charge in [-0.15, -0.1) is 0 Å². The maximum Gasteiger partial charge on any atom is 0.363 e. The number of benzene rings is 2. The Bertz CT molecular complexity index is 2260. The van der Waals surface area contributed by atoms with E-state index in [0.717, 1.165) is 80.7 Å². The van der Waals surface area contributed by atoms with E-state index in [4.69, 9.17) is 9.47 Å². The summed E-state index contributed by atoms with van der Waals surface area (Å²) in [5.74, 6) is 0.268. The summed E-state index contributed by atoms with van der Waals surface area (Å²) in [4.78, 5) is 55.2. The number of piperidine rings is 2. The van der Waals surface area contributed by atoms with Gasteiger partial charge in [-0.25, -0.2) is 9.59 Å². The van der Waals surface area contributed by atoms with Crippen LogP contribution in [0.3, 0.4) is 0 Å². The van der Waals surface area contributed by atoms with Crippen LogP contribution in [0.25, 0.3) is 0 Å². The molecule has 0 spiro atoms. The van der Waals surface area contributed by atoms with E-state index in [9.17, 15) is 27.6 Å². The van der Waals surface area contributed by atoms with Crippen molar-refractivity contribution in [1.82, 2.24) is 49.8 Å². The second kappa shape index (κ2) is 25.5. The Morgan fingerprint density at radius 3 is 1.45 bits per heavy atom. The lowest BCUT2D eigenvalue weighted by atomic mass is 9.85. The Balaban J connectivity index is 0.000000229. The van der Waals surface area contributed by atoms with E-state index >= 15 is 0 Å². The van der Waals surface area contributed by atoms with Gasteiger partial charge in [0.2, 0.25) is 11.8 Å². The molecule has 0 aliphatic carbocycles. The summed E-state index contributed by atoms with van der Waals surface area (Å²) in [5, 5.41) is 18.3. The number of carbonyl (C=O) groups excluding carboxylic acids is 2. The SMILES string of the molecule is CCC(=O)N(c1ccccc1)C1(COC)CCN(CCn2nnn(CC)c2=O)CC1.CCC(=O)N(c1ccccc1)C1(COC)CCNCC1.CCn1nnn(CCOS(C)(=O)=O)c1=O. The molecule has 2 saturated heterocycles. The van der Waals surface area contributed by atoms with Crippen molar-refractivity contribution in [1.29, 1.82) is 0 Å². The monoisotopic (exact) mass is 928 g/mol. The molecule has 65 heavy (non-hydrogen) atoms. The number of ether oxygens (including phenoxy) is 2. The molecule has 0 atom stereocenters. The van der Waals surface area contributed by atoms with Crippen LogP contribution in [0.15, 0.2) is 70.3 Å². The van der Waals surface area contributed by atoms with Crippen molar-refractivity contribution in [2.75, 3.05) is 82.8 Å². The summed E-state index contributed by atoms with van der Waals surface area (Å²) in [7, 11) is -0.0729. The number of nitrogens with zero attached hydrogens (tertiary/aromatic N) is 11. The Morgan fingerprint density at radius 2 is 1.06 bits per heavy atom. The molecule has 2 aromatic heterocycles. The van der Waals surface area contributed by atoms with Gasteiger partial charge in [0.15, 0.2) is 0 Å². The number of nitrogens with one attached hydrogen (secondary N) is 1. The highest BCUT2D eigenvalue weighted by Gasteiger charge is 2.43. The molecule has 2 aliphatic rings. The normalized spacial score (nSPS) is 15.8. The number of para-hydroxylation sites is 2. The standard InChI is InChI=1S/C21H32N6O3.C16H24N2O2.C6H12N4O4S/c1-4-19(28)27(18-9-7-6-8-10-18)21(17-30-3)11-13-24(14-12-21)15-16-26-20(29)25(5-2)22-23-26;1-3-15(19)18(14-7-5-4-6-8-14)16(13-20-2)9-11-17-12-10-16;1-3-9-6(11)10(8-7-9)4-5-14-15(2,12)13/h6-10H,4-5,11-17H2,1-3H3;4-8,17H,3,9-13H2,1-2H3;3-5H2,1-2H3. The van der Waals surface area contributed by atoms with Gasteiger partial charge in [0.25, 0.3) is 10.1 Å². The van der Waals surface area contributed by atoms with Crippen LogP contribution in [0.5, 0.6) is 0 Å². The fourth-order valence-electron chi connectivity index (χ4n) is 8.12.